The van der Waals surface area contributed by atoms with Crippen molar-refractivity contribution in [2.24, 2.45) is 0 Å². The third-order valence-electron chi connectivity index (χ3n) is 3.60. The Morgan fingerprint density at radius 2 is 1.81 bits per heavy atom. The molecule has 0 saturated carbocycles. The fourth-order valence-corrected chi connectivity index (χ4v) is 3.47. The SMILES string of the molecule is CCCc1cc(/C=C2/SCN(C)C2=O)cc(CCC)c1O. The number of phenols is 1. The van der Waals surface area contributed by atoms with Crippen LogP contribution in [-0.4, -0.2) is 28.8 Å². The maximum absolute atomic E-state index is 12.0. The Balaban J connectivity index is 2.39. The summed E-state index contributed by atoms with van der Waals surface area (Å²) in [6.45, 7) is 4.21. The Kier molecular flexibility index (Phi) is 5.34. The first-order chi connectivity index (χ1) is 10.1. The topological polar surface area (TPSA) is 40.5 Å². The lowest BCUT2D eigenvalue weighted by Crippen LogP contribution is -2.18. The van der Waals surface area contributed by atoms with E-state index in [1.165, 1.54) is 0 Å². The van der Waals surface area contributed by atoms with Crippen LogP contribution < -0.4 is 0 Å². The number of carbonyl (C=O) groups excluding carboxylic acids is 1. The molecule has 1 saturated heterocycles. The first-order valence-electron chi connectivity index (χ1n) is 7.51. The zero-order valence-corrected chi connectivity index (χ0v) is 13.8. The molecule has 0 unspecified atom stereocenters. The Labute approximate surface area is 131 Å². The van der Waals surface area contributed by atoms with Crippen molar-refractivity contribution in [2.45, 2.75) is 39.5 Å². The number of hydrogen-bond donors (Lipinski definition) is 1. The van der Waals surface area contributed by atoms with Gasteiger partial charge in [-0.05, 0) is 47.7 Å². The van der Waals surface area contributed by atoms with Gasteiger partial charge in [0.25, 0.3) is 5.91 Å². The molecule has 0 spiro atoms. The molecule has 0 atom stereocenters. The molecular formula is C17H23NO2S. The molecule has 0 aliphatic carbocycles. The summed E-state index contributed by atoms with van der Waals surface area (Å²) >= 11 is 1.57. The van der Waals surface area contributed by atoms with Crippen molar-refractivity contribution in [3.05, 3.63) is 33.7 Å². The first kappa shape index (κ1) is 16.0. The molecule has 1 N–H and O–H groups in total. The summed E-state index contributed by atoms with van der Waals surface area (Å²) in [6, 6.07) is 4.02. The number of phenolic OH excluding ortho intramolecular Hbond substituents is 1. The second-order valence-corrected chi connectivity index (χ2v) is 6.46. The second-order valence-electron chi connectivity index (χ2n) is 5.47. The van der Waals surface area contributed by atoms with E-state index in [1.807, 2.05) is 25.3 Å². The van der Waals surface area contributed by atoms with Gasteiger partial charge in [0, 0.05) is 7.05 Å². The van der Waals surface area contributed by atoms with E-state index in [2.05, 4.69) is 13.8 Å². The van der Waals surface area contributed by atoms with Crippen LogP contribution in [0, 0.1) is 0 Å². The van der Waals surface area contributed by atoms with Crippen LogP contribution in [0.4, 0.5) is 0 Å². The number of likely N-dealkylation sites (N-methyl/N-ethyl adjacent to an activating group) is 1. The third kappa shape index (κ3) is 3.62. The second kappa shape index (κ2) is 7.03. The Morgan fingerprint density at radius 3 is 2.24 bits per heavy atom. The number of hydrogen-bond acceptors (Lipinski definition) is 3. The Morgan fingerprint density at radius 1 is 1.24 bits per heavy atom. The lowest BCUT2D eigenvalue weighted by atomic mass is 9.98. The average Bonchev–Trinajstić information content (AvgIpc) is 2.76. The normalized spacial score (nSPS) is 17.0. The predicted octanol–water partition coefficient (Wildman–Crippen LogP) is 3.80. The largest absolute Gasteiger partial charge is 0.507 e. The van der Waals surface area contributed by atoms with Crippen molar-refractivity contribution in [3.8, 4) is 5.75 Å². The van der Waals surface area contributed by atoms with Crippen LogP contribution in [0.5, 0.6) is 5.75 Å². The molecule has 1 aromatic rings. The summed E-state index contributed by atoms with van der Waals surface area (Å²) in [5.74, 6) is 1.23. The van der Waals surface area contributed by atoms with Gasteiger partial charge < -0.3 is 10.0 Å². The van der Waals surface area contributed by atoms with E-state index in [4.69, 9.17) is 0 Å². The molecule has 21 heavy (non-hydrogen) atoms. The quantitative estimate of drug-likeness (QED) is 0.841. The fourth-order valence-electron chi connectivity index (χ4n) is 2.52. The van der Waals surface area contributed by atoms with Crippen LogP contribution in [0.15, 0.2) is 17.0 Å². The van der Waals surface area contributed by atoms with Gasteiger partial charge in [0.05, 0.1) is 10.8 Å². The van der Waals surface area contributed by atoms with Crippen molar-refractivity contribution in [1.82, 2.24) is 4.90 Å². The zero-order valence-electron chi connectivity index (χ0n) is 13.0. The van der Waals surface area contributed by atoms with Gasteiger partial charge in [0.1, 0.15) is 5.75 Å². The van der Waals surface area contributed by atoms with E-state index in [-0.39, 0.29) is 5.91 Å². The molecule has 114 valence electrons. The maximum Gasteiger partial charge on any atom is 0.260 e. The van der Waals surface area contributed by atoms with Gasteiger partial charge >= 0.3 is 0 Å². The van der Waals surface area contributed by atoms with E-state index in [0.717, 1.165) is 47.3 Å². The van der Waals surface area contributed by atoms with Gasteiger partial charge in [0.2, 0.25) is 0 Å². The molecule has 1 heterocycles. The van der Waals surface area contributed by atoms with Gasteiger partial charge in [0.15, 0.2) is 0 Å². The monoisotopic (exact) mass is 305 g/mol. The number of aryl methyl sites for hydroxylation is 2. The fraction of sp³-hybridized carbons (Fsp3) is 0.471. The number of nitrogens with zero attached hydrogens (tertiary/aromatic N) is 1. The Hall–Kier alpha value is -1.42. The molecule has 0 bridgehead atoms. The number of rotatable bonds is 5. The molecule has 0 radical (unpaired) electrons. The van der Waals surface area contributed by atoms with Gasteiger partial charge in [-0.15, -0.1) is 0 Å². The number of carbonyl (C=O) groups is 1. The van der Waals surface area contributed by atoms with Crippen LogP contribution in [0.2, 0.25) is 0 Å². The van der Waals surface area contributed by atoms with Gasteiger partial charge in [-0.3, -0.25) is 4.79 Å². The highest BCUT2D eigenvalue weighted by atomic mass is 32.2. The molecule has 1 aromatic carbocycles. The highest BCUT2D eigenvalue weighted by Gasteiger charge is 2.23. The number of amides is 1. The van der Waals surface area contributed by atoms with Gasteiger partial charge in [-0.1, -0.05) is 38.5 Å². The molecule has 3 nitrogen and oxygen atoms in total. The summed E-state index contributed by atoms with van der Waals surface area (Å²) in [6.07, 6.45) is 5.67. The minimum atomic E-state index is 0.0853. The molecule has 2 rings (SSSR count). The highest BCUT2D eigenvalue weighted by Crippen LogP contribution is 2.32. The number of thioether (sulfide) groups is 1. The van der Waals surface area contributed by atoms with Crippen LogP contribution in [0.25, 0.3) is 6.08 Å². The van der Waals surface area contributed by atoms with Crippen molar-refractivity contribution < 1.29 is 9.90 Å². The van der Waals surface area contributed by atoms with Crippen molar-refractivity contribution >= 4 is 23.7 Å². The van der Waals surface area contributed by atoms with Gasteiger partial charge in [-0.2, -0.15) is 0 Å². The molecule has 1 amide bonds. The van der Waals surface area contributed by atoms with Crippen LogP contribution in [-0.2, 0) is 17.6 Å². The predicted molar refractivity (Wildman–Crippen MR) is 89.3 cm³/mol. The van der Waals surface area contributed by atoms with E-state index in [9.17, 15) is 9.90 Å². The van der Waals surface area contributed by atoms with Gasteiger partial charge in [-0.25, -0.2) is 0 Å². The summed E-state index contributed by atoms with van der Waals surface area (Å²) in [5, 5.41) is 10.3. The first-order valence-corrected chi connectivity index (χ1v) is 8.50. The van der Waals surface area contributed by atoms with Crippen molar-refractivity contribution in [2.75, 3.05) is 12.9 Å². The van der Waals surface area contributed by atoms with E-state index in [0.29, 0.717) is 11.6 Å². The van der Waals surface area contributed by atoms with Crippen LogP contribution >= 0.6 is 11.8 Å². The van der Waals surface area contributed by atoms with Crippen molar-refractivity contribution in [1.29, 1.82) is 0 Å². The molecular weight excluding hydrogens is 282 g/mol. The standard InChI is InChI=1S/C17H23NO2S/c1-4-6-13-8-12(9-14(7-5-2)16(13)19)10-15-17(20)18(3)11-21-15/h8-10,19H,4-7,11H2,1-3H3/b15-10+. The molecule has 1 fully saturated rings. The van der Waals surface area contributed by atoms with Crippen molar-refractivity contribution in [3.63, 3.8) is 0 Å². The smallest absolute Gasteiger partial charge is 0.260 e. The summed E-state index contributed by atoms with van der Waals surface area (Å²) in [5.41, 5.74) is 2.99. The third-order valence-corrected chi connectivity index (χ3v) is 4.72. The van der Waals surface area contributed by atoms with Crippen LogP contribution in [0.1, 0.15) is 43.4 Å². The average molecular weight is 305 g/mol. The molecule has 0 aromatic heterocycles. The van der Waals surface area contributed by atoms with E-state index < -0.39 is 0 Å². The lowest BCUT2D eigenvalue weighted by Gasteiger charge is -2.11. The minimum absolute atomic E-state index is 0.0853. The maximum atomic E-state index is 12.0. The van der Waals surface area contributed by atoms with Crippen LogP contribution in [0.3, 0.4) is 0 Å². The zero-order chi connectivity index (χ0) is 15.4. The highest BCUT2D eigenvalue weighted by molar-refractivity contribution is 8.04. The molecule has 4 heteroatoms. The van der Waals surface area contributed by atoms with E-state index in [1.54, 1.807) is 16.7 Å². The Bertz CT molecular complexity index is 539. The summed E-state index contributed by atoms with van der Waals surface area (Å²) in [4.78, 5) is 14.5. The van der Waals surface area contributed by atoms with E-state index >= 15 is 0 Å². The summed E-state index contributed by atoms with van der Waals surface area (Å²) < 4.78 is 0. The summed E-state index contributed by atoms with van der Waals surface area (Å²) in [7, 11) is 1.82. The minimum Gasteiger partial charge on any atom is -0.507 e. The number of aromatic hydroxyl groups is 1. The lowest BCUT2D eigenvalue weighted by molar-refractivity contribution is -0.123. The number of benzene rings is 1. The molecule has 1 aliphatic rings. The molecule has 1 aliphatic heterocycles.